The van der Waals surface area contributed by atoms with E-state index in [1.165, 1.54) is 12.5 Å². The second-order valence-electron chi connectivity index (χ2n) is 6.47. The Balaban J connectivity index is 1.28. The molecule has 0 aliphatic carbocycles. The van der Waals surface area contributed by atoms with Crippen molar-refractivity contribution in [3.05, 3.63) is 73.0 Å². The number of aromatic nitrogens is 9. The van der Waals surface area contributed by atoms with Crippen molar-refractivity contribution in [2.24, 2.45) is 0 Å². The highest BCUT2D eigenvalue weighted by molar-refractivity contribution is 5.59. The number of benzene rings is 1. The zero-order valence-electron chi connectivity index (χ0n) is 15.7. The molecule has 0 amide bonds. The van der Waals surface area contributed by atoms with Crippen LogP contribution in [0.2, 0.25) is 0 Å². The molecule has 1 aromatic carbocycles. The van der Waals surface area contributed by atoms with Crippen molar-refractivity contribution in [1.29, 1.82) is 0 Å². The summed E-state index contributed by atoms with van der Waals surface area (Å²) in [5.74, 6) is -0.727. The first kappa shape index (κ1) is 18.7. The van der Waals surface area contributed by atoms with Crippen molar-refractivity contribution in [1.82, 2.24) is 44.9 Å². The third-order valence-corrected chi connectivity index (χ3v) is 4.41. The van der Waals surface area contributed by atoms with E-state index in [1.54, 1.807) is 27.8 Å². The van der Waals surface area contributed by atoms with Crippen LogP contribution < -0.4 is 0 Å². The maximum absolute atomic E-state index is 12.6. The smallest absolute Gasteiger partial charge is 0.314 e. The maximum atomic E-state index is 12.6. The molecule has 0 aliphatic heterocycles. The van der Waals surface area contributed by atoms with Gasteiger partial charge in [-0.15, -0.1) is 15.3 Å². The Morgan fingerprint density at radius 1 is 0.968 bits per heavy atom. The van der Waals surface area contributed by atoms with E-state index >= 15 is 0 Å². The van der Waals surface area contributed by atoms with Crippen LogP contribution >= 0.6 is 0 Å². The predicted octanol–water partition coefficient (Wildman–Crippen LogP) is 2.96. The van der Waals surface area contributed by atoms with Gasteiger partial charge in [-0.3, -0.25) is 4.98 Å². The molecule has 5 rings (SSSR count). The fraction of sp³-hybridized carbons (Fsp3) is 0.105. The molecule has 10 nitrogen and oxygen atoms in total. The molecule has 154 valence electrons. The van der Waals surface area contributed by atoms with Gasteiger partial charge in [0.1, 0.15) is 18.3 Å². The highest BCUT2D eigenvalue weighted by Crippen LogP contribution is 2.23. The first-order valence-corrected chi connectivity index (χ1v) is 9.08. The topological polar surface area (TPSA) is 113 Å². The van der Waals surface area contributed by atoms with Crippen molar-refractivity contribution in [3.8, 4) is 28.4 Å². The highest BCUT2D eigenvalue weighted by atomic mass is 19.3. The fourth-order valence-corrected chi connectivity index (χ4v) is 2.88. The van der Waals surface area contributed by atoms with Crippen molar-refractivity contribution in [3.63, 3.8) is 0 Å². The van der Waals surface area contributed by atoms with Crippen LogP contribution in [0.1, 0.15) is 18.0 Å². The Hall–Kier alpha value is -4.35. The van der Waals surface area contributed by atoms with Crippen LogP contribution in [0.3, 0.4) is 0 Å². The minimum absolute atomic E-state index is 0.00766. The van der Waals surface area contributed by atoms with E-state index in [0.717, 1.165) is 11.3 Å². The zero-order valence-corrected chi connectivity index (χ0v) is 15.7. The molecular formula is C19H13F2N9O. The minimum Gasteiger partial charge on any atom is -0.415 e. The lowest BCUT2D eigenvalue weighted by atomic mass is 10.1. The van der Waals surface area contributed by atoms with Gasteiger partial charge in [0.05, 0.1) is 29.7 Å². The monoisotopic (exact) mass is 421 g/mol. The molecule has 4 aromatic heterocycles. The largest absolute Gasteiger partial charge is 0.415 e. The van der Waals surface area contributed by atoms with Gasteiger partial charge >= 0.3 is 6.43 Å². The van der Waals surface area contributed by atoms with E-state index in [1.807, 2.05) is 30.5 Å². The minimum atomic E-state index is -2.81. The summed E-state index contributed by atoms with van der Waals surface area (Å²) in [4.78, 5) is 8.24. The van der Waals surface area contributed by atoms with Crippen molar-refractivity contribution in [2.75, 3.05) is 0 Å². The highest BCUT2D eigenvalue weighted by Gasteiger charge is 2.17. The lowest BCUT2D eigenvalue weighted by molar-refractivity contribution is 0.116. The first-order chi connectivity index (χ1) is 15.2. The standard InChI is InChI=1S/C19H13F2N9O/c20-17(21)19-27-26-18(31-19)13-1-4-14(23-7-13)8-29-9-16(25-28-29)12-2-5-15(6-3-12)30-11-22-10-24-30/h1-7,9-11,17H,8H2. The summed E-state index contributed by atoms with van der Waals surface area (Å²) < 4.78 is 33.4. The Bertz CT molecular complexity index is 1280. The number of halogens is 2. The van der Waals surface area contributed by atoms with Crippen LogP contribution in [-0.4, -0.2) is 44.9 Å². The van der Waals surface area contributed by atoms with Gasteiger partial charge in [-0.1, -0.05) is 17.3 Å². The van der Waals surface area contributed by atoms with E-state index in [-0.39, 0.29) is 5.89 Å². The van der Waals surface area contributed by atoms with Crippen LogP contribution in [0, 0.1) is 0 Å². The van der Waals surface area contributed by atoms with Gasteiger partial charge in [0.2, 0.25) is 5.89 Å². The number of nitrogens with zero attached hydrogens (tertiary/aromatic N) is 9. The molecular weight excluding hydrogens is 408 g/mol. The summed E-state index contributed by atoms with van der Waals surface area (Å²) in [7, 11) is 0. The normalized spacial score (nSPS) is 11.3. The van der Waals surface area contributed by atoms with Gasteiger partial charge in [0, 0.05) is 11.8 Å². The van der Waals surface area contributed by atoms with Crippen molar-refractivity contribution in [2.45, 2.75) is 13.0 Å². The fourth-order valence-electron chi connectivity index (χ4n) is 2.88. The third kappa shape index (κ3) is 3.90. The van der Waals surface area contributed by atoms with Crippen molar-refractivity contribution < 1.29 is 13.2 Å². The second-order valence-corrected chi connectivity index (χ2v) is 6.47. The lowest BCUT2D eigenvalue weighted by Crippen LogP contribution is -2.02. The molecule has 4 heterocycles. The Labute approximate surface area is 173 Å². The lowest BCUT2D eigenvalue weighted by Gasteiger charge is -2.02. The van der Waals surface area contributed by atoms with E-state index in [4.69, 9.17) is 4.42 Å². The molecule has 0 bridgehead atoms. The molecule has 0 atom stereocenters. The Morgan fingerprint density at radius 2 is 1.81 bits per heavy atom. The average molecular weight is 421 g/mol. The first-order valence-electron chi connectivity index (χ1n) is 9.08. The van der Waals surface area contributed by atoms with Crippen LogP contribution in [0.25, 0.3) is 28.4 Å². The van der Waals surface area contributed by atoms with E-state index in [2.05, 4.69) is 35.6 Å². The summed E-state index contributed by atoms with van der Waals surface area (Å²) in [5, 5.41) is 19.4. The van der Waals surface area contributed by atoms with Crippen LogP contribution in [-0.2, 0) is 6.54 Å². The predicted molar refractivity (Wildman–Crippen MR) is 102 cm³/mol. The summed E-state index contributed by atoms with van der Waals surface area (Å²) in [6.07, 6.45) is 3.59. The van der Waals surface area contributed by atoms with Gasteiger partial charge < -0.3 is 4.42 Å². The zero-order chi connectivity index (χ0) is 21.2. The van der Waals surface area contributed by atoms with Crippen LogP contribution in [0.4, 0.5) is 8.78 Å². The van der Waals surface area contributed by atoms with Crippen LogP contribution in [0.15, 0.2) is 65.9 Å². The number of hydrogen-bond donors (Lipinski definition) is 0. The quantitative estimate of drug-likeness (QED) is 0.411. The van der Waals surface area contributed by atoms with E-state index in [0.29, 0.717) is 23.5 Å². The van der Waals surface area contributed by atoms with Gasteiger partial charge in [-0.2, -0.15) is 13.9 Å². The summed E-state index contributed by atoms with van der Waals surface area (Å²) >= 11 is 0. The molecule has 31 heavy (non-hydrogen) atoms. The second kappa shape index (κ2) is 7.82. The molecule has 0 saturated carbocycles. The maximum Gasteiger partial charge on any atom is 0.314 e. The summed E-state index contributed by atoms with van der Waals surface area (Å²) in [6, 6.07) is 11.1. The van der Waals surface area contributed by atoms with Gasteiger partial charge in [0.15, 0.2) is 0 Å². The van der Waals surface area contributed by atoms with Gasteiger partial charge in [0.25, 0.3) is 5.89 Å². The van der Waals surface area contributed by atoms with E-state index < -0.39 is 12.3 Å². The number of hydrogen-bond acceptors (Lipinski definition) is 8. The third-order valence-electron chi connectivity index (χ3n) is 4.41. The number of alkyl halides is 2. The van der Waals surface area contributed by atoms with Crippen LogP contribution in [0.5, 0.6) is 0 Å². The van der Waals surface area contributed by atoms with Gasteiger partial charge in [-0.05, 0) is 24.3 Å². The Morgan fingerprint density at radius 3 is 2.48 bits per heavy atom. The molecule has 5 aromatic rings. The van der Waals surface area contributed by atoms with Crippen molar-refractivity contribution >= 4 is 0 Å². The Kier molecular flexibility index (Phi) is 4.71. The number of rotatable bonds is 6. The SMILES string of the molecule is FC(F)c1nnc(-c2ccc(Cn3cc(-c4ccc(-n5cncn5)cc4)nn3)nc2)o1. The summed E-state index contributed by atoms with van der Waals surface area (Å²) in [6.45, 7) is 0.385. The molecule has 12 heteroatoms. The molecule has 0 aliphatic rings. The number of pyridine rings is 1. The average Bonchev–Trinajstić information content (AvgIpc) is 3.56. The molecule has 0 unspecified atom stereocenters. The van der Waals surface area contributed by atoms with E-state index in [9.17, 15) is 8.78 Å². The summed E-state index contributed by atoms with van der Waals surface area (Å²) in [5.41, 5.74) is 3.67. The molecule has 0 radical (unpaired) electrons. The molecule has 0 spiro atoms. The van der Waals surface area contributed by atoms with Gasteiger partial charge in [-0.25, -0.2) is 14.3 Å². The molecule has 0 fully saturated rings. The molecule has 0 saturated heterocycles. The molecule has 0 N–H and O–H groups in total.